The first kappa shape index (κ1) is 13.0. The normalized spacial score (nSPS) is 15.1. The highest BCUT2D eigenvalue weighted by Crippen LogP contribution is 2.24. The third-order valence-electron chi connectivity index (χ3n) is 3.67. The van der Waals surface area contributed by atoms with Gasteiger partial charge in [-0.25, -0.2) is 0 Å². The van der Waals surface area contributed by atoms with Gasteiger partial charge in [-0.2, -0.15) is 0 Å². The first-order valence-corrected chi connectivity index (χ1v) is 7.28. The summed E-state index contributed by atoms with van der Waals surface area (Å²) in [5, 5.41) is 0. The summed E-state index contributed by atoms with van der Waals surface area (Å²) >= 11 is 0. The molecule has 1 aliphatic rings. The number of nitrogens with zero attached hydrogens (tertiary/aromatic N) is 2. The summed E-state index contributed by atoms with van der Waals surface area (Å²) in [7, 11) is 0. The minimum atomic E-state index is 0.567. The maximum absolute atomic E-state index is 5.86. The molecule has 0 N–H and O–H groups in total. The van der Waals surface area contributed by atoms with Crippen LogP contribution < -0.4 is 9.64 Å². The van der Waals surface area contributed by atoms with E-state index >= 15 is 0 Å². The minimum absolute atomic E-state index is 0.567. The van der Waals surface area contributed by atoms with E-state index in [-0.39, 0.29) is 0 Å². The molecule has 1 aliphatic heterocycles. The van der Waals surface area contributed by atoms with Gasteiger partial charge in [-0.15, -0.1) is 0 Å². The van der Waals surface area contributed by atoms with Gasteiger partial charge in [0.15, 0.2) is 0 Å². The Hall–Kier alpha value is -2.03. The summed E-state index contributed by atoms with van der Waals surface area (Å²) in [6, 6.07) is 12.4. The highest BCUT2D eigenvalue weighted by molar-refractivity contribution is 5.51. The number of rotatable bonds is 4. The average molecular weight is 268 g/mol. The second kappa shape index (κ2) is 6.42. The standard InChI is InChI=1S/C17H20N2O/c1-2-10-19(11-3-1)16-7-4-8-17(12-16)20-14-15-6-5-9-18-13-15/h4-9,12-13H,1-3,10-11,14H2. The lowest BCUT2D eigenvalue weighted by Gasteiger charge is -2.29. The monoisotopic (exact) mass is 268 g/mol. The number of piperidine rings is 1. The summed E-state index contributed by atoms with van der Waals surface area (Å²) in [4.78, 5) is 6.54. The van der Waals surface area contributed by atoms with Gasteiger partial charge in [0, 0.05) is 42.8 Å². The number of benzene rings is 1. The molecule has 0 unspecified atom stereocenters. The van der Waals surface area contributed by atoms with Gasteiger partial charge in [0.25, 0.3) is 0 Å². The van der Waals surface area contributed by atoms with E-state index < -0.39 is 0 Å². The molecule has 0 amide bonds. The van der Waals surface area contributed by atoms with Crippen LogP contribution in [0.4, 0.5) is 5.69 Å². The molecular formula is C17H20N2O. The fourth-order valence-corrected chi connectivity index (χ4v) is 2.57. The lowest BCUT2D eigenvalue weighted by atomic mass is 10.1. The van der Waals surface area contributed by atoms with Gasteiger partial charge in [0.2, 0.25) is 0 Å². The molecule has 1 fully saturated rings. The van der Waals surface area contributed by atoms with Crippen molar-refractivity contribution in [2.24, 2.45) is 0 Å². The Morgan fingerprint density at radius 3 is 2.75 bits per heavy atom. The molecule has 1 aromatic carbocycles. The van der Waals surface area contributed by atoms with Gasteiger partial charge in [-0.3, -0.25) is 4.98 Å². The lowest BCUT2D eigenvalue weighted by molar-refractivity contribution is 0.306. The zero-order valence-electron chi connectivity index (χ0n) is 11.7. The summed E-state index contributed by atoms with van der Waals surface area (Å²) in [6.45, 7) is 2.88. The molecule has 3 heteroatoms. The maximum atomic E-state index is 5.86. The molecule has 104 valence electrons. The smallest absolute Gasteiger partial charge is 0.121 e. The lowest BCUT2D eigenvalue weighted by Crippen LogP contribution is -2.29. The predicted octanol–water partition coefficient (Wildman–Crippen LogP) is 3.65. The number of ether oxygens (including phenoxy) is 1. The van der Waals surface area contributed by atoms with E-state index in [1.807, 2.05) is 24.4 Å². The molecule has 2 heterocycles. The van der Waals surface area contributed by atoms with Crippen LogP contribution in [-0.2, 0) is 6.61 Å². The molecule has 0 radical (unpaired) electrons. The third-order valence-corrected chi connectivity index (χ3v) is 3.67. The Balaban J connectivity index is 1.65. The molecule has 2 aromatic rings. The molecule has 0 saturated carbocycles. The molecule has 1 saturated heterocycles. The quantitative estimate of drug-likeness (QED) is 0.846. The number of pyridine rings is 1. The van der Waals surface area contributed by atoms with Crippen molar-refractivity contribution in [3.05, 3.63) is 54.4 Å². The van der Waals surface area contributed by atoms with Crippen LogP contribution in [0.5, 0.6) is 5.75 Å². The van der Waals surface area contributed by atoms with E-state index in [2.05, 4.69) is 28.1 Å². The maximum Gasteiger partial charge on any atom is 0.121 e. The Kier molecular flexibility index (Phi) is 4.16. The van der Waals surface area contributed by atoms with Crippen LogP contribution in [0.15, 0.2) is 48.8 Å². The van der Waals surface area contributed by atoms with Gasteiger partial charge in [-0.1, -0.05) is 12.1 Å². The van der Waals surface area contributed by atoms with E-state index in [0.29, 0.717) is 6.61 Å². The van der Waals surface area contributed by atoms with E-state index in [1.54, 1.807) is 6.20 Å². The molecule has 3 rings (SSSR count). The summed E-state index contributed by atoms with van der Waals surface area (Å²) < 4.78 is 5.86. The molecule has 3 nitrogen and oxygen atoms in total. The fourth-order valence-electron chi connectivity index (χ4n) is 2.57. The molecule has 0 atom stereocenters. The Morgan fingerprint density at radius 1 is 1.05 bits per heavy atom. The largest absolute Gasteiger partial charge is 0.489 e. The molecule has 0 bridgehead atoms. The van der Waals surface area contributed by atoms with Gasteiger partial charge < -0.3 is 9.64 Å². The Bertz CT molecular complexity index is 536. The van der Waals surface area contributed by atoms with Crippen LogP contribution in [0.2, 0.25) is 0 Å². The molecule has 1 aromatic heterocycles. The van der Waals surface area contributed by atoms with Crippen LogP contribution in [0.1, 0.15) is 24.8 Å². The van der Waals surface area contributed by atoms with Gasteiger partial charge in [0.05, 0.1) is 0 Å². The van der Waals surface area contributed by atoms with Crippen molar-refractivity contribution < 1.29 is 4.74 Å². The van der Waals surface area contributed by atoms with Gasteiger partial charge >= 0.3 is 0 Å². The number of hydrogen-bond donors (Lipinski definition) is 0. The van der Waals surface area contributed by atoms with Crippen molar-refractivity contribution in [3.8, 4) is 5.75 Å². The summed E-state index contributed by atoms with van der Waals surface area (Å²) in [6.07, 6.45) is 7.56. The SMILES string of the molecule is c1cncc(COc2cccc(N3CCCCC3)c2)c1. The summed E-state index contributed by atoms with van der Waals surface area (Å²) in [5.74, 6) is 0.928. The van der Waals surface area contributed by atoms with Crippen LogP contribution in [-0.4, -0.2) is 18.1 Å². The van der Waals surface area contributed by atoms with E-state index in [0.717, 1.165) is 24.4 Å². The highest BCUT2D eigenvalue weighted by atomic mass is 16.5. The fraction of sp³-hybridized carbons (Fsp3) is 0.353. The molecule has 0 aliphatic carbocycles. The van der Waals surface area contributed by atoms with Crippen molar-refractivity contribution in [1.29, 1.82) is 0 Å². The van der Waals surface area contributed by atoms with Crippen molar-refractivity contribution in [2.45, 2.75) is 25.9 Å². The number of anilines is 1. The van der Waals surface area contributed by atoms with Crippen LogP contribution in [0.3, 0.4) is 0 Å². The van der Waals surface area contributed by atoms with Crippen molar-refractivity contribution in [1.82, 2.24) is 4.98 Å². The second-order valence-electron chi connectivity index (χ2n) is 5.20. The molecule has 0 spiro atoms. The third kappa shape index (κ3) is 3.29. The zero-order chi connectivity index (χ0) is 13.6. The van der Waals surface area contributed by atoms with E-state index in [4.69, 9.17) is 4.74 Å². The van der Waals surface area contributed by atoms with E-state index in [9.17, 15) is 0 Å². The topological polar surface area (TPSA) is 25.4 Å². The number of hydrogen-bond acceptors (Lipinski definition) is 3. The van der Waals surface area contributed by atoms with Crippen LogP contribution in [0, 0.1) is 0 Å². The minimum Gasteiger partial charge on any atom is -0.489 e. The zero-order valence-corrected chi connectivity index (χ0v) is 11.7. The van der Waals surface area contributed by atoms with E-state index in [1.165, 1.54) is 24.9 Å². The van der Waals surface area contributed by atoms with Gasteiger partial charge in [-0.05, 0) is 37.5 Å². The van der Waals surface area contributed by atoms with Crippen LogP contribution >= 0.6 is 0 Å². The first-order valence-electron chi connectivity index (χ1n) is 7.28. The van der Waals surface area contributed by atoms with Crippen molar-refractivity contribution >= 4 is 5.69 Å². The van der Waals surface area contributed by atoms with Crippen LogP contribution in [0.25, 0.3) is 0 Å². The molecular weight excluding hydrogens is 248 g/mol. The Labute approximate surface area is 120 Å². The Morgan fingerprint density at radius 2 is 1.95 bits per heavy atom. The van der Waals surface area contributed by atoms with Gasteiger partial charge in [0.1, 0.15) is 12.4 Å². The number of aromatic nitrogens is 1. The summed E-state index contributed by atoms with van der Waals surface area (Å²) in [5.41, 5.74) is 2.37. The van der Waals surface area contributed by atoms with Crippen molar-refractivity contribution in [3.63, 3.8) is 0 Å². The molecule has 20 heavy (non-hydrogen) atoms. The second-order valence-corrected chi connectivity index (χ2v) is 5.20. The highest BCUT2D eigenvalue weighted by Gasteiger charge is 2.11. The first-order chi connectivity index (χ1) is 9.92. The average Bonchev–Trinajstić information content (AvgIpc) is 2.55. The predicted molar refractivity (Wildman–Crippen MR) is 81.1 cm³/mol. The van der Waals surface area contributed by atoms with Crippen molar-refractivity contribution in [2.75, 3.05) is 18.0 Å².